The summed E-state index contributed by atoms with van der Waals surface area (Å²) in [5.41, 5.74) is 5.05. The molecule has 6 nitrogen and oxygen atoms in total. The molecule has 1 fully saturated rings. The van der Waals surface area contributed by atoms with E-state index in [1.807, 2.05) is 12.3 Å². The molecule has 0 amide bonds. The standard InChI is InChI=1S/C25H22F3N3O3/c26-25(27,28)34-20-3-1-2-17(12-20)16-31-7-6-18(13-24(31)32)21-4-5-23-22(21)14-19(15-29-23)30-8-10-33-11-9-30/h1-4,6-7,12-15H,5,8-11,16H2. The SMILES string of the molecule is O=c1cc(C2=CCc3ncc(N4CCOCC4)cc32)ccn1Cc1cccc(OC(F)(F)F)c1. The van der Waals surface area contributed by atoms with Gasteiger partial charge in [0.1, 0.15) is 5.75 Å². The number of allylic oxidation sites excluding steroid dienone is 1. The average Bonchev–Trinajstić information content (AvgIpc) is 3.23. The molecule has 0 spiro atoms. The summed E-state index contributed by atoms with van der Waals surface area (Å²) in [5.74, 6) is -0.314. The van der Waals surface area contributed by atoms with Gasteiger partial charge in [0.05, 0.1) is 37.3 Å². The molecule has 0 bridgehead atoms. The molecule has 0 unspecified atom stereocenters. The number of fused-ring (bicyclic) bond motifs is 1. The Labute approximate surface area is 193 Å². The first-order valence-corrected chi connectivity index (χ1v) is 10.9. The van der Waals surface area contributed by atoms with Crippen LogP contribution in [0.2, 0.25) is 0 Å². The fourth-order valence-electron chi connectivity index (χ4n) is 4.30. The summed E-state index contributed by atoms with van der Waals surface area (Å²) in [6.07, 6.45) is 1.54. The van der Waals surface area contributed by atoms with Crippen molar-refractivity contribution < 1.29 is 22.6 Å². The van der Waals surface area contributed by atoms with E-state index in [-0.39, 0.29) is 17.9 Å². The largest absolute Gasteiger partial charge is 0.573 e. The number of nitrogens with zero attached hydrogens (tertiary/aromatic N) is 3. The van der Waals surface area contributed by atoms with Crippen LogP contribution in [0.25, 0.3) is 5.57 Å². The van der Waals surface area contributed by atoms with Gasteiger partial charge in [0.15, 0.2) is 0 Å². The highest BCUT2D eigenvalue weighted by atomic mass is 19.4. The predicted octanol–water partition coefficient (Wildman–Crippen LogP) is 4.01. The number of halogens is 3. The monoisotopic (exact) mass is 469 g/mol. The fourth-order valence-corrected chi connectivity index (χ4v) is 4.30. The van der Waals surface area contributed by atoms with E-state index >= 15 is 0 Å². The molecule has 9 heteroatoms. The molecule has 1 saturated heterocycles. The number of ether oxygens (including phenoxy) is 2. The highest BCUT2D eigenvalue weighted by molar-refractivity contribution is 5.85. The minimum atomic E-state index is -4.76. The first kappa shape index (κ1) is 22.2. The normalized spacial score (nSPS) is 15.7. The smallest absolute Gasteiger partial charge is 0.406 e. The van der Waals surface area contributed by atoms with E-state index in [4.69, 9.17) is 4.74 Å². The van der Waals surface area contributed by atoms with Crippen LogP contribution in [0.1, 0.15) is 22.4 Å². The average molecular weight is 469 g/mol. The Bertz CT molecular complexity index is 1290. The molecular weight excluding hydrogens is 447 g/mol. The van der Waals surface area contributed by atoms with Crippen LogP contribution in [-0.4, -0.2) is 42.2 Å². The summed E-state index contributed by atoms with van der Waals surface area (Å²) in [5, 5.41) is 0. The third kappa shape index (κ3) is 4.84. The summed E-state index contributed by atoms with van der Waals surface area (Å²) in [6, 6.07) is 11.1. The second-order valence-electron chi connectivity index (χ2n) is 8.19. The molecule has 1 aliphatic carbocycles. The van der Waals surface area contributed by atoms with Gasteiger partial charge in [-0.1, -0.05) is 18.2 Å². The summed E-state index contributed by atoms with van der Waals surface area (Å²) in [4.78, 5) is 19.7. The maximum absolute atomic E-state index is 12.8. The summed E-state index contributed by atoms with van der Waals surface area (Å²) < 4.78 is 48.3. The van der Waals surface area contributed by atoms with Crippen LogP contribution in [0.4, 0.5) is 18.9 Å². The highest BCUT2D eigenvalue weighted by Crippen LogP contribution is 2.33. The van der Waals surface area contributed by atoms with Crippen molar-refractivity contribution in [2.24, 2.45) is 0 Å². The molecule has 34 heavy (non-hydrogen) atoms. The van der Waals surface area contributed by atoms with Crippen LogP contribution in [-0.2, 0) is 17.7 Å². The number of pyridine rings is 2. The van der Waals surface area contributed by atoms with E-state index in [1.54, 1.807) is 18.3 Å². The van der Waals surface area contributed by atoms with E-state index in [0.29, 0.717) is 25.2 Å². The maximum Gasteiger partial charge on any atom is 0.573 e. The van der Waals surface area contributed by atoms with E-state index in [2.05, 4.69) is 26.8 Å². The molecule has 5 rings (SSSR count). The van der Waals surface area contributed by atoms with Crippen molar-refractivity contribution in [1.82, 2.24) is 9.55 Å². The molecule has 2 aromatic heterocycles. The van der Waals surface area contributed by atoms with Gasteiger partial charge in [-0.05, 0) is 41.0 Å². The first-order valence-electron chi connectivity index (χ1n) is 10.9. The van der Waals surface area contributed by atoms with Crippen molar-refractivity contribution in [3.63, 3.8) is 0 Å². The van der Waals surface area contributed by atoms with Crippen molar-refractivity contribution >= 4 is 11.3 Å². The molecule has 3 heterocycles. The highest BCUT2D eigenvalue weighted by Gasteiger charge is 2.31. The Morgan fingerprint density at radius 1 is 1.09 bits per heavy atom. The van der Waals surface area contributed by atoms with Crippen LogP contribution < -0.4 is 15.2 Å². The molecule has 1 aromatic carbocycles. The van der Waals surface area contributed by atoms with Crippen LogP contribution >= 0.6 is 0 Å². The second kappa shape index (κ2) is 8.98. The minimum Gasteiger partial charge on any atom is -0.406 e. The first-order chi connectivity index (χ1) is 16.4. The summed E-state index contributed by atoms with van der Waals surface area (Å²) >= 11 is 0. The third-order valence-corrected chi connectivity index (χ3v) is 5.91. The molecule has 176 valence electrons. The number of alkyl halides is 3. The maximum atomic E-state index is 12.8. The lowest BCUT2D eigenvalue weighted by Gasteiger charge is -2.29. The van der Waals surface area contributed by atoms with Gasteiger partial charge < -0.3 is 18.9 Å². The molecule has 0 N–H and O–H groups in total. The van der Waals surface area contributed by atoms with Crippen LogP contribution in [0, 0.1) is 0 Å². The van der Waals surface area contributed by atoms with E-state index in [9.17, 15) is 18.0 Å². The molecule has 3 aromatic rings. The van der Waals surface area contributed by atoms with Crippen molar-refractivity contribution in [2.45, 2.75) is 19.3 Å². The van der Waals surface area contributed by atoms with Gasteiger partial charge in [-0.25, -0.2) is 0 Å². The van der Waals surface area contributed by atoms with Crippen molar-refractivity contribution in [2.75, 3.05) is 31.2 Å². The van der Waals surface area contributed by atoms with Gasteiger partial charge in [0.2, 0.25) is 0 Å². The van der Waals surface area contributed by atoms with Gasteiger partial charge in [0, 0.05) is 37.3 Å². The minimum absolute atomic E-state index is 0.131. The van der Waals surface area contributed by atoms with Crippen LogP contribution in [0.15, 0.2) is 65.7 Å². The van der Waals surface area contributed by atoms with Crippen molar-refractivity contribution in [3.05, 3.63) is 93.7 Å². The predicted molar refractivity (Wildman–Crippen MR) is 121 cm³/mol. The zero-order chi connectivity index (χ0) is 23.7. The number of rotatable bonds is 5. The fraction of sp³-hybridized carbons (Fsp3) is 0.280. The lowest BCUT2D eigenvalue weighted by molar-refractivity contribution is -0.274. The zero-order valence-electron chi connectivity index (χ0n) is 18.2. The Kier molecular flexibility index (Phi) is 5.87. The Morgan fingerprint density at radius 2 is 1.91 bits per heavy atom. The lowest BCUT2D eigenvalue weighted by Crippen LogP contribution is -2.36. The lowest BCUT2D eigenvalue weighted by atomic mass is 10.0. The number of hydrogen-bond acceptors (Lipinski definition) is 5. The Balaban J connectivity index is 1.37. The molecule has 0 radical (unpaired) electrons. The molecule has 2 aliphatic rings. The van der Waals surface area contributed by atoms with Crippen LogP contribution in [0.3, 0.4) is 0 Å². The Hall–Kier alpha value is -3.59. The number of morpholine rings is 1. The van der Waals surface area contributed by atoms with E-state index in [1.165, 1.54) is 22.8 Å². The second-order valence-corrected chi connectivity index (χ2v) is 8.19. The topological polar surface area (TPSA) is 56.6 Å². The quantitative estimate of drug-likeness (QED) is 0.565. The van der Waals surface area contributed by atoms with Gasteiger partial charge in [-0.15, -0.1) is 13.2 Å². The number of hydrogen-bond donors (Lipinski definition) is 0. The van der Waals surface area contributed by atoms with Crippen LogP contribution in [0.5, 0.6) is 5.75 Å². The van der Waals surface area contributed by atoms with Crippen molar-refractivity contribution in [1.29, 1.82) is 0 Å². The van der Waals surface area contributed by atoms with Crippen molar-refractivity contribution in [3.8, 4) is 5.75 Å². The Morgan fingerprint density at radius 3 is 2.68 bits per heavy atom. The molecular formula is C25H22F3N3O3. The summed E-state index contributed by atoms with van der Waals surface area (Å²) in [7, 11) is 0. The molecule has 0 saturated carbocycles. The van der Waals surface area contributed by atoms with Gasteiger partial charge in [-0.3, -0.25) is 9.78 Å². The third-order valence-electron chi connectivity index (χ3n) is 5.91. The number of anilines is 1. The number of benzene rings is 1. The zero-order valence-corrected chi connectivity index (χ0v) is 18.2. The number of aromatic nitrogens is 2. The summed E-state index contributed by atoms with van der Waals surface area (Å²) in [6.45, 7) is 3.12. The van der Waals surface area contributed by atoms with Gasteiger partial charge >= 0.3 is 6.36 Å². The molecule has 0 atom stereocenters. The van der Waals surface area contributed by atoms with Gasteiger partial charge in [-0.2, -0.15) is 0 Å². The van der Waals surface area contributed by atoms with Gasteiger partial charge in [0.25, 0.3) is 5.56 Å². The van der Waals surface area contributed by atoms with E-state index < -0.39 is 6.36 Å². The molecule has 1 aliphatic heterocycles. The van der Waals surface area contributed by atoms with E-state index in [0.717, 1.165) is 41.2 Å².